The van der Waals surface area contributed by atoms with Gasteiger partial charge in [0, 0.05) is 36.7 Å². The number of halogens is 1. The summed E-state index contributed by atoms with van der Waals surface area (Å²) < 4.78 is 38.7. The fourth-order valence-electron chi connectivity index (χ4n) is 3.82. The first-order valence-electron chi connectivity index (χ1n) is 10.4. The first kappa shape index (κ1) is 21.9. The van der Waals surface area contributed by atoms with Crippen LogP contribution in [0.2, 0.25) is 5.02 Å². The van der Waals surface area contributed by atoms with Crippen LogP contribution >= 0.6 is 11.6 Å². The Labute approximate surface area is 187 Å². The van der Waals surface area contributed by atoms with E-state index in [4.69, 9.17) is 21.1 Å². The van der Waals surface area contributed by atoms with E-state index in [9.17, 15) is 13.2 Å². The van der Waals surface area contributed by atoms with Crippen molar-refractivity contribution in [2.75, 3.05) is 25.1 Å². The van der Waals surface area contributed by atoms with Gasteiger partial charge in [0.15, 0.2) is 11.5 Å². The van der Waals surface area contributed by atoms with Gasteiger partial charge in [0.2, 0.25) is 10.0 Å². The van der Waals surface area contributed by atoms with E-state index in [0.717, 1.165) is 25.7 Å². The Balaban J connectivity index is 1.51. The first-order chi connectivity index (χ1) is 14.9. The summed E-state index contributed by atoms with van der Waals surface area (Å²) in [5.74, 6) is 0.669. The molecule has 0 radical (unpaired) electrons. The van der Waals surface area contributed by atoms with Crippen LogP contribution in [0.5, 0.6) is 11.5 Å². The minimum absolute atomic E-state index is 0.0247. The Morgan fingerprint density at radius 3 is 2.42 bits per heavy atom. The van der Waals surface area contributed by atoms with Gasteiger partial charge in [0.05, 0.1) is 28.8 Å². The molecule has 166 valence electrons. The minimum Gasteiger partial charge on any atom is -0.490 e. The average Bonchev–Trinajstić information content (AvgIpc) is 2.99. The monoisotopic (exact) mass is 464 g/mol. The van der Waals surface area contributed by atoms with Crippen molar-refractivity contribution < 1.29 is 22.7 Å². The van der Waals surface area contributed by atoms with E-state index in [2.05, 4.69) is 5.32 Å². The lowest BCUT2D eigenvalue weighted by Crippen LogP contribution is -2.41. The number of hydrogen-bond acceptors (Lipinski definition) is 5. The van der Waals surface area contributed by atoms with Crippen LogP contribution in [0.4, 0.5) is 5.69 Å². The number of amides is 1. The number of piperidine rings is 1. The van der Waals surface area contributed by atoms with Crippen LogP contribution in [-0.2, 0) is 10.0 Å². The molecule has 0 saturated carbocycles. The summed E-state index contributed by atoms with van der Waals surface area (Å²) in [4.78, 5) is 12.9. The van der Waals surface area contributed by atoms with Crippen molar-refractivity contribution in [3.05, 3.63) is 47.0 Å². The number of anilines is 1. The fourth-order valence-corrected chi connectivity index (χ4v) is 5.72. The van der Waals surface area contributed by atoms with Gasteiger partial charge in [-0.2, -0.15) is 4.31 Å². The van der Waals surface area contributed by atoms with Gasteiger partial charge >= 0.3 is 0 Å². The number of fused-ring (bicyclic) bond motifs is 1. The third-order valence-electron chi connectivity index (χ3n) is 5.55. The Morgan fingerprint density at radius 1 is 1.06 bits per heavy atom. The van der Waals surface area contributed by atoms with Gasteiger partial charge in [-0.15, -0.1) is 0 Å². The predicted molar refractivity (Wildman–Crippen MR) is 119 cm³/mol. The topological polar surface area (TPSA) is 84.9 Å². The second kappa shape index (κ2) is 9.06. The summed E-state index contributed by atoms with van der Waals surface area (Å²) in [5, 5.41) is 3.09. The molecule has 31 heavy (non-hydrogen) atoms. The van der Waals surface area contributed by atoms with Gasteiger partial charge in [-0.25, -0.2) is 8.42 Å². The lowest BCUT2D eigenvalue weighted by molar-refractivity contribution is 0.102. The van der Waals surface area contributed by atoms with Crippen LogP contribution in [-0.4, -0.2) is 44.4 Å². The molecular weight excluding hydrogens is 440 g/mol. The highest BCUT2D eigenvalue weighted by molar-refractivity contribution is 7.89. The van der Waals surface area contributed by atoms with E-state index in [0.29, 0.717) is 47.5 Å². The third-order valence-corrected chi connectivity index (χ3v) is 7.89. The van der Waals surface area contributed by atoms with Crippen LogP contribution in [0.15, 0.2) is 41.3 Å². The lowest BCUT2D eigenvalue weighted by atomic mass is 10.1. The van der Waals surface area contributed by atoms with Gasteiger partial charge < -0.3 is 14.8 Å². The number of carbonyl (C=O) groups is 1. The first-order valence-corrected chi connectivity index (χ1v) is 12.2. The van der Waals surface area contributed by atoms with E-state index >= 15 is 0 Å². The molecular formula is C22H25ClN2O5S. The quantitative estimate of drug-likeness (QED) is 0.728. The van der Waals surface area contributed by atoms with Gasteiger partial charge in [-0.1, -0.05) is 18.0 Å². The van der Waals surface area contributed by atoms with E-state index in [1.54, 1.807) is 16.4 Å². The van der Waals surface area contributed by atoms with Crippen LogP contribution in [0.25, 0.3) is 0 Å². The maximum absolute atomic E-state index is 13.0. The van der Waals surface area contributed by atoms with E-state index < -0.39 is 15.9 Å². The van der Waals surface area contributed by atoms with Crippen LogP contribution in [0, 0.1) is 0 Å². The van der Waals surface area contributed by atoms with Gasteiger partial charge in [-0.3, -0.25) is 4.79 Å². The second-order valence-electron chi connectivity index (χ2n) is 7.77. The van der Waals surface area contributed by atoms with Gasteiger partial charge in [-0.05, 0) is 44.0 Å². The Hall–Kier alpha value is -2.29. The maximum atomic E-state index is 13.0. The molecule has 1 atom stereocenters. The number of benzene rings is 2. The van der Waals surface area contributed by atoms with E-state index in [-0.39, 0.29) is 10.9 Å². The number of carbonyl (C=O) groups excluding carboxylic acids is 1. The molecule has 1 fully saturated rings. The molecule has 4 rings (SSSR count). The van der Waals surface area contributed by atoms with E-state index in [1.165, 1.54) is 24.3 Å². The molecule has 2 aromatic carbocycles. The number of rotatable bonds is 4. The molecule has 0 spiro atoms. The number of ether oxygens (including phenoxy) is 2. The number of sulfonamides is 1. The smallest absolute Gasteiger partial charge is 0.255 e. The molecule has 1 amide bonds. The van der Waals surface area contributed by atoms with Gasteiger partial charge in [0.25, 0.3) is 5.91 Å². The predicted octanol–water partition coefficient (Wildman–Crippen LogP) is 4.32. The molecule has 2 aliphatic rings. The molecule has 0 aliphatic carbocycles. The molecule has 0 aromatic heterocycles. The molecule has 1 unspecified atom stereocenters. The van der Waals surface area contributed by atoms with E-state index in [1.807, 2.05) is 6.92 Å². The van der Waals surface area contributed by atoms with Crippen molar-refractivity contribution >= 4 is 33.2 Å². The maximum Gasteiger partial charge on any atom is 0.255 e. The highest BCUT2D eigenvalue weighted by Gasteiger charge is 2.31. The summed E-state index contributed by atoms with van der Waals surface area (Å²) in [7, 11) is -3.58. The largest absolute Gasteiger partial charge is 0.490 e. The Kier molecular flexibility index (Phi) is 6.41. The van der Waals surface area contributed by atoms with Crippen molar-refractivity contribution in [1.82, 2.24) is 4.31 Å². The fraction of sp³-hybridized carbons (Fsp3) is 0.409. The molecule has 9 heteroatoms. The zero-order valence-corrected chi connectivity index (χ0v) is 18.8. The Morgan fingerprint density at radius 2 is 1.74 bits per heavy atom. The Bertz CT molecular complexity index is 1070. The number of nitrogens with zero attached hydrogens (tertiary/aromatic N) is 1. The molecule has 0 bridgehead atoms. The van der Waals surface area contributed by atoms with Crippen LogP contribution < -0.4 is 14.8 Å². The van der Waals surface area contributed by atoms with Gasteiger partial charge in [0.1, 0.15) is 0 Å². The molecule has 1 saturated heterocycles. The summed E-state index contributed by atoms with van der Waals surface area (Å²) in [6.45, 7) is 3.51. The van der Waals surface area contributed by atoms with Crippen LogP contribution in [0.1, 0.15) is 43.0 Å². The van der Waals surface area contributed by atoms with Crippen molar-refractivity contribution in [2.24, 2.45) is 0 Å². The molecule has 2 heterocycles. The zero-order valence-electron chi connectivity index (χ0n) is 17.3. The van der Waals surface area contributed by atoms with Crippen molar-refractivity contribution in [2.45, 2.75) is 43.5 Å². The summed E-state index contributed by atoms with van der Waals surface area (Å²) in [6, 6.07) is 9.19. The van der Waals surface area contributed by atoms with Crippen molar-refractivity contribution in [3.8, 4) is 11.5 Å². The van der Waals surface area contributed by atoms with Crippen LogP contribution in [0.3, 0.4) is 0 Å². The van der Waals surface area contributed by atoms with Crippen molar-refractivity contribution in [3.63, 3.8) is 0 Å². The molecule has 2 aromatic rings. The lowest BCUT2D eigenvalue weighted by Gasteiger charge is -2.32. The minimum atomic E-state index is -3.58. The number of hydrogen-bond donors (Lipinski definition) is 1. The molecule has 7 nitrogen and oxygen atoms in total. The second-order valence-corrected chi connectivity index (χ2v) is 10.1. The molecule has 1 N–H and O–H groups in total. The SMILES string of the molecule is CC1CCCCN1S(=O)(=O)c1ccc(C(=O)Nc2cc3c(cc2Cl)OCCCO3)cc1. The third kappa shape index (κ3) is 4.66. The molecule has 2 aliphatic heterocycles. The zero-order chi connectivity index (χ0) is 22.0. The highest BCUT2D eigenvalue weighted by Crippen LogP contribution is 2.38. The summed E-state index contributed by atoms with van der Waals surface area (Å²) in [6.07, 6.45) is 3.52. The number of nitrogens with one attached hydrogen (secondary N) is 1. The standard InChI is InChI=1S/C22H25ClN2O5S/c1-15-5-2-3-10-25(15)31(27,28)17-8-6-16(7-9-17)22(26)24-19-14-21-20(13-18(19)23)29-11-4-12-30-21/h6-9,13-15H,2-5,10-12H2,1H3,(H,24,26). The highest BCUT2D eigenvalue weighted by atomic mass is 35.5. The summed E-state index contributed by atoms with van der Waals surface area (Å²) in [5.41, 5.74) is 0.726. The summed E-state index contributed by atoms with van der Waals surface area (Å²) >= 11 is 6.30. The average molecular weight is 465 g/mol. The normalized spacial score (nSPS) is 19.5. The van der Waals surface area contributed by atoms with Crippen molar-refractivity contribution in [1.29, 1.82) is 0 Å².